The van der Waals surface area contributed by atoms with E-state index >= 15 is 0 Å². The van der Waals surface area contributed by atoms with Gasteiger partial charge in [0.2, 0.25) is 5.95 Å². The topological polar surface area (TPSA) is 96.0 Å². The predicted octanol–water partition coefficient (Wildman–Crippen LogP) is 6.95. The van der Waals surface area contributed by atoms with Crippen molar-refractivity contribution in [1.82, 2.24) is 19.9 Å². The number of benzene rings is 1. The number of amides is 1. The zero-order chi connectivity index (χ0) is 32.0. The van der Waals surface area contributed by atoms with Crippen molar-refractivity contribution in [1.29, 1.82) is 0 Å². The number of hydrogen-bond donors (Lipinski definition) is 1. The third kappa shape index (κ3) is 6.57. The van der Waals surface area contributed by atoms with Crippen molar-refractivity contribution >= 4 is 35.1 Å². The van der Waals surface area contributed by atoms with Gasteiger partial charge in [0, 0.05) is 48.7 Å². The maximum Gasteiger partial charge on any atom is 0.410 e. The Morgan fingerprint density at radius 2 is 1.80 bits per heavy atom. The van der Waals surface area contributed by atoms with E-state index in [1.807, 2.05) is 45.2 Å². The summed E-state index contributed by atoms with van der Waals surface area (Å²) in [5, 5.41) is 3.44. The second kappa shape index (κ2) is 11.8. The maximum absolute atomic E-state index is 12.7. The molecule has 1 aromatic carbocycles. The van der Waals surface area contributed by atoms with E-state index in [2.05, 4.69) is 60.2 Å². The van der Waals surface area contributed by atoms with Crippen LogP contribution in [0.3, 0.4) is 0 Å². The number of piperidine rings is 1. The molecule has 2 saturated heterocycles. The molecule has 5 heterocycles. The lowest BCUT2D eigenvalue weighted by molar-refractivity contribution is -0.0893. The van der Waals surface area contributed by atoms with Gasteiger partial charge in [0.25, 0.3) is 0 Å². The van der Waals surface area contributed by atoms with Crippen LogP contribution in [0.25, 0.3) is 0 Å². The molecule has 2 aromatic heterocycles. The standard InChI is InChI=1S/C35H47N7O3/c1-33(2,3)45-32(43)40(7)22-25-12-11-13-29(37-25)42-28-20-34(4,5)44-23-35(28,6)27-21-36-31(39-30(27)42)38-24-14-16-26(17-15-24)41-18-9-8-10-19-41/h11-17,21,28H,8-10,18-20,22-23H2,1-7H3,(H,36,38,39)/t28-,35-/m0/s1. The van der Waals surface area contributed by atoms with Gasteiger partial charge in [0.05, 0.1) is 30.5 Å². The Hall–Kier alpha value is -3.92. The van der Waals surface area contributed by atoms with Gasteiger partial charge >= 0.3 is 6.09 Å². The quantitative estimate of drug-likeness (QED) is 0.317. The van der Waals surface area contributed by atoms with Gasteiger partial charge in [-0.1, -0.05) is 13.0 Å². The molecule has 0 spiro atoms. The van der Waals surface area contributed by atoms with Gasteiger partial charge in [-0.05, 0) is 96.7 Å². The number of anilines is 5. The molecule has 2 fully saturated rings. The summed E-state index contributed by atoms with van der Waals surface area (Å²) in [6, 6.07) is 14.6. The number of carbonyl (C=O) groups is 1. The first-order valence-electron chi connectivity index (χ1n) is 16.1. The molecule has 240 valence electrons. The summed E-state index contributed by atoms with van der Waals surface area (Å²) >= 11 is 0. The van der Waals surface area contributed by atoms with Crippen molar-refractivity contribution in [3.63, 3.8) is 0 Å². The molecule has 3 aliphatic heterocycles. The summed E-state index contributed by atoms with van der Waals surface area (Å²) in [5.41, 5.74) is 2.83. The van der Waals surface area contributed by atoms with Crippen molar-refractivity contribution in [2.24, 2.45) is 0 Å². The summed E-state index contributed by atoms with van der Waals surface area (Å²) < 4.78 is 11.9. The highest BCUT2D eigenvalue weighted by atomic mass is 16.6. The number of rotatable bonds is 6. The van der Waals surface area contributed by atoms with Crippen LogP contribution < -0.4 is 15.1 Å². The monoisotopic (exact) mass is 613 g/mol. The molecule has 10 heteroatoms. The minimum Gasteiger partial charge on any atom is -0.444 e. The average Bonchev–Trinajstić information content (AvgIpc) is 3.24. The van der Waals surface area contributed by atoms with E-state index in [-0.39, 0.29) is 23.2 Å². The van der Waals surface area contributed by atoms with Crippen LogP contribution in [0, 0.1) is 0 Å². The first kappa shape index (κ1) is 31.1. The van der Waals surface area contributed by atoms with Gasteiger partial charge in [-0.15, -0.1) is 0 Å². The van der Waals surface area contributed by atoms with Gasteiger partial charge in [0.1, 0.15) is 17.2 Å². The van der Waals surface area contributed by atoms with Crippen molar-refractivity contribution in [2.45, 2.75) is 96.4 Å². The van der Waals surface area contributed by atoms with Crippen LogP contribution in [-0.4, -0.2) is 69.9 Å². The van der Waals surface area contributed by atoms with Crippen molar-refractivity contribution in [3.8, 4) is 0 Å². The average molecular weight is 614 g/mol. The lowest BCUT2D eigenvalue weighted by Crippen LogP contribution is -2.54. The molecule has 0 aliphatic carbocycles. The fourth-order valence-electron chi connectivity index (χ4n) is 6.63. The first-order valence-corrected chi connectivity index (χ1v) is 16.1. The number of ether oxygens (including phenoxy) is 2. The number of aromatic nitrogens is 3. The highest BCUT2D eigenvalue weighted by molar-refractivity contribution is 5.71. The Bertz CT molecular complexity index is 1530. The molecule has 6 rings (SSSR count). The number of nitrogens with one attached hydrogen (secondary N) is 1. The van der Waals surface area contributed by atoms with Crippen LogP contribution in [0.2, 0.25) is 0 Å². The van der Waals surface area contributed by atoms with Crippen molar-refractivity contribution < 1.29 is 14.3 Å². The summed E-state index contributed by atoms with van der Waals surface area (Å²) in [7, 11) is 1.73. The Morgan fingerprint density at radius 1 is 1.07 bits per heavy atom. The molecule has 1 N–H and O–H groups in total. The minimum atomic E-state index is -0.568. The van der Waals surface area contributed by atoms with Crippen LogP contribution >= 0.6 is 0 Å². The second-order valence-corrected chi connectivity index (χ2v) is 14.5. The normalized spacial score (nSPS) is 22.4. The molecule has 0 bridgehead atoms. The largest absolute Gasteiger partial charge is 0.444 e. The van der Waals surface area contributed by atoms with Crippen LogP contribution in [0.15, 0.2) is 48.7 Å². The Morgan fingerprint density at radius 3 is 2.51 bits per heavy atom. The van der Waals surface area contributed by atoms with Crippen LogP contribution in [-0.2, 0) is 21.4 Å². The molecule has 3 aromatic rings. The summed E-state index contributed by atoms with van der Waals surface area (Å²) in [5.74, 6) is 2.15. The summed E-state index contributed by atoms with van der Waals surface area (Å²) in [6.45, 7) is 15.2. The van der Waals surface area contributed by atoms with Crippen LogP contribution in [0.4, 0.5) is 33.8 Å². The van der Waals surface area contributed by atoms with Crippen LogP contribution in [0.1, 0.15) is 78.5 Å². The molecular formula is C35H47N7O3. The third-order valence-electron chi connectivity index (χ3n) is 9.09. The van der Waals surface area contributed by atoms with E-state index in [9.17, 15) is 4.79 Å². The molecule has 0 radical (unpaired) electrons. The number of hydrogen-bond acceptors (Lipinski definition) is 9. The second-order valence-electron chi connectivity index (χ2n) is 14.5. The molecule has 0 saturated carbocycles. The highest BCUT2D eigenvalue weighted by Crippen LogP contribution is 2.53. The minimum absolute atomic E-state index is 0.0657. The van der Waals surface area contributed by atoms with E-state index in [1.54, 1.807) is 11.9 Å². The lowest BCUT2D eigenvalue weighted by atomic mass is 9.73. The first-order chi connectivity index (χ1) is 21.3. The fraction of sp³-hybridized carbons (Fsp3) is 0.543. The Labute approximate surface area is 267 Å². The smallest absolute Gasteiger partial charge is 0.410 e. The van der Waals surface area contributed by atoms with E-state index in [4.69, 9.17) is 24.4 Å². The number of fused-ring (bicyclic) bond motifs is 3. The van der Waals surface area contributed by atoms with Gasteiger partial charge in [0.15, 0.2) is 0 Å². The lowest BCUT2D eigenvalue weighted by Gasteiger charge is -2.46. The molecule has 1 amide bonds. The Kier molecular flexibility index (Phi) is 8.14. The van der Waals surface area contributed by atoms with Crippen molar-refractivity contribution in [2.75, 3.05) is 41.9 Å². The molecule has 0 unspecified atom stereocenters. The maximum atomic E-state index is 12.7. The zero-order valence-electron chi connectivity index (χ0n) is 27.8. The molecular weight excluding hydrogens is 566 g/mol. The molecule has 2 atom stereocenters. The third-order valence-corrected chi connectivity index (χ3v) is 9.09. The van der Waals surface area contributed by atoms with Gasteiger partial charge in [-0.3, -0.25) is 0 Å². The predicted molar refractivity (Wildman–Crippen MR) is 178 cm³/mol. The van der Waals surface area contributed by atoms with E-state index in [0.29, 0.717) is 19.1 Å². The van der Waals surface area contributed by atoms with Gasteiger partial charge in [-0.25, -0.2) is 14.8 Å². The Balaban J connectivity index is 1.30. The highest BCUT2D eigenvalue weighted by Gasteiger charge is 2.55. The summed E-state index contributed by atoms with van der Waals surface area (Å²) in [4.78, 5) is 33.9. The molecule has 45 heavy (non-hydrogen) atoms. The van der Waals surface area contributed by atoms with Crippen molar-refractivity contribution in [3.05, 3.63) is 59.9 Å². The SMILES string of the molecule is CN(Cc1cccc(N2c3nc(Nc4ccc(N5CCCCC5)cc4)ncc3[C@]3(C)COC(C)(C)C[C@H]23)n1)C(=O)OC(C)(C)C. The summed E-state index contributed by atoms with van der Waals surface area (Å²) in [6.07, 6.45) is 6.17. The van der Waals surface area contributed by atoms with Gasteiger partial charge in [-0.2, -0.15) is 4.98 Å². The number of nitrogens with zero attached hydrogens (tertiary/aromatic N) is 6. The van der Waals surface area contributed by atoms with Crippen LogP contribution in [0.5, 0.6) is 0 Å². The number of pyridine rings is 1. The van der Waals surface area contributed by atoms with E-state index < -0.39 is 5.60 Å². The van der Waals surface area contributed by atoms with Gasteiger partial charge < -0.3 is 29.5 Å². The molecule has 10 nitrogen and oxygen atoms in total. The van der Waals surface area contributed by atoms with E-state index in [1.165, 1.54) is 24.9 Å². The fourth-order valence-corrected chi connectivity index (χ4v) is 6.63. The zero-order valence-corrected chi connectivity index (χ0v) is 27.8. The number of carbonyl (C=O) groups excluding carboxylic acids is 1. The molecule has 3 aliphatic rings. The van der Waals surface area contributed by atoms with E-state index in [0.717, 1.165) is 48.1 Å².